The number of hydrogen-bond acceptors (Lipinski definition) is 5. The maximum atomic E-state index is 15.1. The maximum absolute atomic E-state index is 15.1. The van der Waals surface area contributed by atoms with Gasteiger partial charge in [0.05, 0.1) is 13.1 Å². The Labute approximate surface area is 197 Å². The van der Waals surface area contributed by atoms with Gasteiger partial charge in [-0.2, -0.15) is 0 Å². The summed E-state index contributed by atoms with van der Waals surface area (Å²) in [7, 11) is 0. The molecule has 2 rings (SSSR count). The van der Waals surface area contributed by atoms with Crippen molar-refractivity contribution in [2.45, 2.75) is 91.8 Å². The second-order valence-electron chi connectivity index (χ2n) is 12.2. The summed E-state index contributed by atoms with van der Waals surface area (Å²) in [5, 5.41) is 3.28. The van der Waals surface area contributed by atoms with Crippen LogP contribution in [0.4, 0.5) is 18.4 Å². The van der Waals surface area contributed by atoms with Gasteiger partial charge in [-0.25, -0.2) is 18.4 Å². The van der Waals surface area contributed by atoms with Gasteiger partial charge >= 0.3 is 12.2 Å². The van der Waals surface area contributed by atoms with Gasteiger partial charge in [0.15, 0.2) is 0 Å². The van der Waals surface area contributed by atoms with E-state index in [2.05, 4.69) is 5.32 Å². The summed E-state index contributed by atoms with van der Waals surface area (Å²) in [4.78, 5) is 27.4. The molecule has 0 aromatic heterocycles. The van der Waals surface area contributed by atoms with E-state index in [0.29, 0.717) is 39.0 Å². The number of hydrogen-bond donors (Lipinski definition) is 1. The molecule has 2 aliphatic rings. The van der Waals surface area contributed by atoms with Gasteiger partial charge in [-0.05, 0) is 54.4 Å². The molecule has 192 valence electrons. The standard InChI is InChI=1S/C24H43F2N3O4/c1-21(2,3)32-19(30)28-11-9-23(7,17(25)13-28)15-27-16-24(8)10-12-29(14-18(24)26)20(31)33-22(4,5)6/h17-18,27H,9-16H2,1-8H3/t17-,18+,23-,24+. The van der Waals surface area contributed by atoms with Crippen LogP contribution in [0.2, 0.25) is 0 Å². The summed E-state index contributed by atoms with van der Waals surface area (Å²) in [6.45, 7) is 16.0. The minimum Gasteiger partial charge on any atom is -0.444 e. The lowest BCUT2D eigenvalue weighted by Gasteiger charge is -2.45. The Morgan fingerprint density at radius 3 is 1.42 bits per heavy atom. The van der Waals surface area contributed by atoms with Crippen LogP contribution in [-0.4, -0.2) is 84.8 Å². The molecule has 0 unspecified atom stereocenters. The van der Waals surface area contributed by atoms with Gasteiger partial charge in [0, 0.05) is 37.0 Å². The molecule has 33 heavy (non-hydrogen) atoms. The first-order chi connectivity index (χ1) is 14.9. The highest BCUT2D eigenvalue weighted by molar-refractivity contribution is 5.68. The summed E-state index contributed by atoms with van der Waals surface area (Å²) in [6.07, 6.45) is -2.44. The van der Waals surface area contributed by atoms with Crippen molar-refractivity contribution in [1.82, 2.24) is 15.1 Å². The molecule has 0 radical (unpaired) electrons. The van der Waals surface area contributed by atoms with Crippen LogP contribution in [0.15, 0.2) is 0 Å². The van der Waals surface area contributed by atoms with Crippen LogP contribution in [0.25, 0.3) is 0 Å². The first-order valence-electron chi connectivity index (χ1n) is 11.9. The Kier molecular flexibility index (Phi) is 8.30. The van der Waals surface area contributed by atoms with E-state index in [0.717, 1.165) is 0 Å². The molecule has 0 saturated carbocycles. The number of alkyl halides is 2. The van der Waals surface area contributed by atoms with Gasteiger partial charge in [-0.1, -0.05) is 13.8 Å². The molecule has 1 N–H and O–H groups in total. The fourth-order valence-corrected chi connectivity index (χ4v) is 4.12. The number of halogens is 2. The van der Waals surface area contributed by atoms with Crippen LogP contribution in [0.3, 0.4) is 0 Å². The fourth-order valence-electron chi connectivity index (χ4n) is 4.12. The van der Waals surface area contributed by atoms with Crippen molar-refractivity contribution in [2.75, 3.05) is 39.3 Å². The van der Waals surface area contributed by atoms with Crippen molar-refractivity contribution in [1.29, 1.82) is 0 Å². The van der Waals surface area contributed by atoms with Crippen molar-refractivity contribution in [3.8, 4) is 0 Å². The second-order valence-corrected chi connectivity index (χ2v) is 12.2. The molecule has 7 nitrogen and oxygen atoms in total. The van der Waals surface area contributed by atoms with Crippen LogP contribution in [0.5, 0.6) is 0 Å². The van der Waals surface area contributed by atoms with Gasteiger partial charge in [-0.3, -0.25) is 0 Å². The lowest BCUT2D eigenvalue weighted by Crippen LogP contribution is -2.57. The number of nitrogens with zero attached hydrogens (tertiary/aromatic N) is 2. The van der Waals surface area contributed by atoms with Crippen molar-refractivity contribution < 1.29 is 27.8 Å². The summed E-state index contributed by atoms with van der Waals surface area (Å²) < 4.78 is 40.8. The SMILES string of the molecule is CC(C)(C)OC(=O)N1CC[C@](C)(CNC[C@]2(C)CCN(C(=O)OC(C)(C)C)C[C@@H]2F)[C@H](F)C1. The normalized spacial score (nSPS) is 31.3. The summed E-state index contributed by atoms with van der Waals surface area (Å²) in [6, 6.07) is 0. The average Bonchev–Trinajstić information content (AvgIpc) is 2.63. The lowest BCUT2D eigenvalue weighted by molar-refractivity contribution is -0.0219. The Morgan fingerprint density at radius 1 is 0.818 bits per heavy atom. The summed E-state index contributed by atoms with van der Waals surface area (Å²) in [5.74, 6) is 0. The average molecular weight is 476 g/mol. The molecule has 0 aromatic rings. The van der Waals surface area contributed by atoms with Crippen LogP contribution in [0, 0.1) is 10.8 Å². The van der Waals surface area contributed by atoms with E-state index in [1.165, 1.54) is 9.80 Å². The third-order valence-electron chi connectivity index (χ3n) is 6.54. The largest absolute Gasteiger partial charge is 0.444 e. The Morgan fingerprint density at radius 2 is 1.15 bits per heavy atom. The van der Waals surface area contributed by atoms with E-state index in [-0.39, 0.29) is 13.1 Å². The van der Waals surface area contributed by atoms with E-state index in [1.807, 2.05) is 13.8 Å². The van der Waals surface area contributed by atoms with Gasteiger partial charge in [0.1, 0.15) is 23.5 Å². The zero-order valence-corrected chi connectivity index (χ0v) is 21.6. The monoisotopic (exact) mass is 475 g/mol. The number of rotatable bonds is 4. The molecule has 2 fully saturated rings. The molecule has 0 bridgehead atoms. The number of carbonyl (C=O) groups is 2. The van der Waals surface area contributed by atoms with Crippen LogP contribution in [-0.2, 0) is 9.47 Å². The molecule has 9 heteroatoms. The molecular formula is C24H43F2N3O4. The smallest absolute Gasteiger partial charge is 0.410 e. The van der Waals surface area contributed by atoms with E-state index in [4.69, 9.17) is 9.47 Å². The second kappa shape index (κ2) is 9.92. The molecule has 0 aromatic carbocycles. The number of piperidine rings is 2. The zero-order valence-electron chi connectivity index (χ0n) is 21.6. The van der Waals surface area contributed by atoms with E-state index >= 15 is 8.78 Å². The van der Waals surface area contributed by atoms with E-state index < -0.39 is 46.6 Å². The van der Waals surface area contributed by atoms with Gasteiger partial charge in [0.2, 0.25) is 0 Å². The highest BCUT2D eigenvalue weighted by Gasteiger charge is 2.44. The quantitative estimate of drug-likeness (QED) is 0.646. The highest BCUT2D eigenvalue weighted by Crippen LogP contribution is 2.36. The predicted octanol–water partition coefficient (Wildman–Crippen LogP) is 4.55. The number of likely N-dealkylation sites (tertiary alicyclic amines) is 2. The molecule has 0 aliphatic carbocycles. The molecule has 2 amide bonds. The van der Waals surface area contributed by atoms with Crippen molar-refractivity contribution >= 4 is 12.2 Å². The molecule has 2 saturated heterocycles. The highest BCUT2D eigenvalue weighted by atomic mass is 19.1. The molecule has 0 spiro atoms. The Hall–Kier alpha value is -1.64. The van der Waals surface area contributed by atoms with Crippen molar-refractivity contribution in [3.63, 3.8) is 0 Å². The lowest BCUT2D eigenvalue weighted by atomic mass is 9.76. The van der Waals surface area contributed by atoms with Crippen LogP contribution >= 0.6 is 0 Å². The maximum Gasteiger partial charge on any atom is 0.410 e. The summed E-state index contributed by atoms with van der Waals surface area (Å²) in [5.41, 5.74) is -2.55. The minimum atomic E-state index is -1.21. The predicted molar refractivity (Wildman–Crippen MR) is 124 cm³/mol. The zero-order chi connectivity index (χ0) is 25.2. The van der Waals surface area contributed by atoms with Crippen molar-refractivity contribution in [3.05, 3.63) is 0 Å². The Balaban J connectivity index is 1.84. The van der Waals surface area contributed by atoms with Gasteiger partial charge < -0.3 is 24.6 Å². The van der Waals surface area contributed by atoms with Crippen molar-refractivity contribution in [2.24, 2.45) is 10.8 Å². The van der Waals surface area contributed by atoms with Gasteiger partial charge in [-0.15, -0.1) is 0 Å². The molecule has 2 aliphatic heterocycles. The number of carbonyl (C=O) groups excluding carboxylic acids is 2. The number of amides is 2. The topological polar surface area (TPSA) is 71.1 Å². The summed E-state index contributed by atoms with van der Waals surface area (Å²) >= 11 is 0. The first kappa shape index (κ1) is 27.6. The third-order valence-corrected chi connectivity index (χ3v) is 6.54. The molecule has 2 heterocycles. The number of nitrogens with one attached hydrogen (secondary N) is 1. The molecule has 4 atom stereocenters. The Bertz CT molecular complexity index is 651. The van der Waals surface area contributed by atoms with Crippen LogP contribution in [0.1, 0.15) is 68.2 Å². The molecular weight excluding hydrogens is 432 g/mol. The van der Waals surface area contributed by atoms with E-state index in [1.54, 1.807) is 41.5 Å². The van der Waals surface area contributed by atoms with Crippen LogP contribution < -0.4 is 5.32 Å². The first-order valence-corrected chi connectivity index (χ1v) is 11.9. The third kappa shape index (κ3) is 7.69. The van der Waals surface area contributed by atoms with E-state index in [9.17, 15) is 9.59 Å². The fraction of sp³-hybridized carbons (Fsp3) is 0.917. The minimum absolute atomic E-state index is 0.0130. The number of ether oxygens (including phenoxy) is 2. The van der Waals surface area contributed by atoms with Gasteiger partial charge in [0.25, 0.3) is 0 Å².